The van der Waals surface area contributed by atoms with Crippen molar-refractivity contribution in [2.24, 2.45) is 5.73 Å². The minimum atomic E-state index is -0.316. The van der Waals surface area contributed by atoms with E-state index in [1.54, 1.807) is 19.2 Å². The Hall–Kier alpha value is -1.90. The molecule has 0 aliphatic heterocycles. The second kappa shape index (κ2) is 8.31. The molecule has 0 atom stereocenters. The second-order valence-corrected chi connectivity index (χ2v) is 4.29. The Labute approximate surface area is 119 Å². The van der Waals surface area contributed by atoms with Crippen molar-refractivity contribution in [2.45, 2.75) is 13.5 Å². The summed E-state index contributed by atoms with van der Waals surface area (Å²) < 4.78 is 14.0. The third-order valence-corrected chi connectivity index (χ3v) is 2.88. The van der Waals surface area contributed by atoms with Crippen LogP contribution >= 0.6 is 0 Å². The minimum Gasteiger partial charge on any atom is -0.358 e. The Morgan fingerprint density at radius 1 is 1.50 bits per heavy atom. The van der Waals surface area contributed by atoms with Crippen LogP contribution in [0.2, 0.25) is 0 Å². The molecule has 0 fully saturated rings. The molecule has 0 spiro atoms. The van der Waals surface area contributed by atoms with Gasteiger partial charge in [0.2, 0.25) is 5.91 Å². The maximum atomic E-state index is 14.0. The summed E-state index contributed by atoms with van der Waals surface area (Å²) >= 11 is 0. The van der Waals surface area contributed by atoms with Crippen molar-refractivity contribution < 1.29 is 9.18 Å². The fourth-order valence-electron chi connectivity index (χ4n) is 1.71. The van der Waals surface area contributed by atoms with Crippen molar-refractivity contribution >= 4 is 5.91 Å². The van der Waals surface area contributed by atoms with Gasteiger partial charge in [-0.2, -0.15) is 0 Å². The van der Waals surface area contributed by atoms with E-state index < -0.39 is 0 Å². The lowest BCUT2D eigenvalue weighted by Gasteiger charge is -2.19. The standard InChI is InChI=1S/C15H20FN3O/c1-3-19(11-15(20)18-2)10-13-7-6-12(5-4-8-17)9-14(13)16/h6-7,9H,3,8,10-11,17H2,1-2H3,(H,18,20). The van der Waals surface area contributed by atoms with Gasteiger partial charge in [-0.3, -0.25) is 9.69 Å². The summed E-state index contributed by atoms with van der Waals surface area (Å²) in [5.41, 5.74) is 6.43. The van der Waals surface area contributed by atoms with E-state index in [0.29, 0.717) is 24.2 Å². The van der Waals surface area contributed by atoms with Crippen LogP contribution in [0.5, 0.6) is 0 Å². The summed E-state index contributed by atoms with van der Waals surface area (Å²) in [5, 5.41) is 2.56. The van der Waals surface area contributed by atoms with Gasteiger partial charge in [-0.15, -0.1) is 0 Å². The first kappa shape index (κ1) is 16.2. The lowest BCUT2D eigenvalue weighted by atomic mass is 10.1. The van der Waals surface area contributed by atoms with Crippen molar-refractivity contribution in [3.8, 4) is 11.8 Å². The highest BCUT2D eigenvalue weighted by Crippen LogP contribution is 2.12. The molecule has 1 amide bonds. The number of hydrogen-bond donors (Lipinski definition) is 2. The number of benzene rings is 1. The van der Waals surface area contributed by atoms with E-state index in [2.05, 4.69) is 17.2 Å². The fourth-order valence-corrected chi connectivity index (χ4v) is 1.71. The van der Waals surface area contributed by atoms with E-state index in [1.807, 2.05) is 11.8 Å². The molecule has 0 saturated heterocycles. The summed E-state index contributed by atoms with van der Waals surface area (Å²) in [6.45, 7) is 3.49. The zero-order chi connectivity index (χ0) is 15.0. The SMILES string of the molecule is CCN(CC(=O)NC)Cc1ccc(C#CCN)cc1F. The van der Waals surface area contributed by atoms with Gasteiger partial charge in [0.15, 0.2) is 0 Å². The Kier molecular flexibility index (Phi) is 6.71. The van der Waals surface area contributed by atoms with E-state index in [0.717, 1.165) is 0 Å². The van der Waals surface area contributed by atoms with Crippen molar-refractivity contribution in [3.63, 3.8) is 0 Å². The average molecular weight is 277 g/mol. The van der Waals surface area contributed by atoms with Gasteiger partial charge in [0.05, 0.1) is 13.1 Å². The van der Waals surface area contributed by atoms with Crippen molar-refractivity contribution in [2.75, 3.05) is 26.7 Å². The molecule has 5 heteroatoms. The first-order valence-corrected chi connectivity index (χ1v) is 6.51. The van der Waals surface area contributed by atoms with Gasteiger partial charge in [0.1, 0.15) is 5.82 Å². The largest absolute Gasteiger partial charge is 0.358 e. The fraction of sp³-hybridized carbons (Fsp3) is 0.400. The third-order valence-electron chi connectivity index (χ3n) is 2.88. The molecule has 0 aliphatic rings. The molecule has 1 aromatic carbocycles. The summed E-state index contributed by atoms with van der Waals surface area (Å²) in [4.78, 5) is 13.2. The monoisotopic (exact) mass is 277 g/mol. The summed E-state index contributed by atoms with van der Waals surface area (Å²) in [6, 6.07) is 4.85. The van der Waals surface area contributed by atoms with Crippen LogP contribution in [0, 0.1) is 17.7 Å². The Balaban J connectivity index is 2.78. The number of nitrogens with two attached hydrogens (primary N) is 1. The maximum Gasteiger partial charge on any atom is 0.233 e. The summed E-state index contributed by atoms with van der Waals surface area (Å²) in [5.74, 6) is 5.07. The zero-order valence-corrected chi connectivity index (χ0v) is 11.9. The molecular weight excluding hydrogens is 257 g/mol. The Morgan fingerprint density at radius 2 is 2.25 bits per heavy atom. The number of halogens is 1. The van der Waals surface area contributed by atoms with Crippen LogP contribution in [-0.2, 0) is 11.3 Å². The van der Waals surface area contributed by atoms with Gasteiger partial charge in [-0.1, -0.05) is 24.8 Å². The first-order valence-electron chi connectivity index (χ1n) is 6.51. The predicted octanol–water partition coefficient (Wildman–Crippen LogP) is 0.704. The number of carbonyl (C=O) groups is 1. The Bertz CT molecular complexity index is 520. The molecule has 20 heavy (non-hydrogen) atoms. The molecule has 0 radical (unpaired) electrons. The number of rotatable bonds is 5. The molecule has 0 heterocycles. The number of nitrogens with zero attached hydrogens (tertiary/aromatic N) is 1. The zero-order valence-electron chi connectivity index (χ0n) is 11.9. The van der Waals surface area contributed by atoms with E-state index in [4.69, 9.17) is 5.73 Å². The Morgan fingerprint density at radius 3 is 2.80 bits per heavy atom. The molecule has 0 unspecified atom stereocenters. The number of carbonyl (C=O) groups excluding carboxylic acids is 1. The van der Waals surface area contributed by atoms with E-state index in [-0.39, 0.29) is 24.8 Å². The molecule has 108 valence electrons. The van der Waals surface area contributed by atoms with Gasteiger partial charge in [-0.25, -0.2) is 4.39 Å². The number of amides is 1. The van der Waals surface area contributed by atoms with E-state index in [9.17, 15) is 9.18 Å². The number of hydrogen-bond acceptors (Lipinski definition) is 3. The highest BCUT2D eigenvalue weighted by Gasteiger charge is 2.11. The maximum absolute atomic E-state index is 14.0. The van der Waals surface area contributed by atoms with Gasteiger partial charge in [0, 0.05) is 24.7 Å². The average Bonchev–Trinajstić information content (AvgIpc) is 2.46. The molecule has 4 nitrogen and oxygen atoms in total. The van der Waals surface area contributed by atoms with Crippen molar-refractivity contribution in [1.82, 2.24) is 10.2 Å². The van der Waals surface area contributed by atoms with Gasteiger partial charge >= 0.3 is 0 Å². The van der Waals surface area contributed by atoms with Crippen LogP contribution in [0.3, 0.4) is 0 Å². The van der Waals surface area contributed by atoms with Crippen LogP contribution < -0.4 is 11.1 Å². The van der Waals surface area contributed by atoms with Crippen molar-refractivity contribution in [3.05, 3.63) is 35.1 Å². The molecule has 1 rings (SSSR count). The second-order valence-electron chi connectivity index (χ2n) is 4.29. The lowest BCUT2D eigenvalue weighted by Crippen LogP contribution is -2.35. The topological polar surface area (TPSA) is 58.4 Å². The van der Waals surface area contributed by atoms with Crippen molar-refractivity contribution in [1.29, 1.82) is 0 Å². The molecule has 0 aliphatic carbocycles. The lowest BCUT2D eigenvalue weighted by molar-refractivity contribution is -0.121. The highest BCUT2D eigenvalue weighted by molar-refractivity contribution is 5.77. The van der Waals surface area contributed by atoms with Crippen LogP contribution in [0.25, 0.3) is 0 Å². The van der Waals surface area contributed by atoms with Crippen LogP contribution in [0.15, 0.2) is 18.2 Å². The predicted molar refractivity (Wildman–Crippen MR) is 77.4 cm³/mol. The molecule has 0 aromatic heterocycles. The molecule has 0 saturated carbocycles. The molecular formula is C15H20FN3O. The minimum absolute atomic E-state index is 0.0855. The van der Waals surface area contributed by atoms with Crippen LogP contribution in [-0.4, -0.2) is 37.5 Å². The first-order chi connectivity index (χ1) is 9.60. The van der Waals surface area contributed by atoms with E-state index in [1.165, 1.54) is 6.07 Å². The summed E-state index contributed by atoms with van der Waals surface area (Å²) in [6.07, 6.45) is 0. The summed E-state index contributed by atoms with van der Waals surface area (Å²) in [7, 11) is 1.58. The highest BCUT2D eigenvalue weighted by atomic mass is 19.1. The molecule has 1 aromatic rings. The van der Waals surface area contributed by atoms with Gasteiger partial charge in [0.25, 0.3) is 0 Å². The quantitative estimate of drug-likeness (QED) is 0.779. The van der Waals surface area contributed by atoms with Crippen LogP contribution in [0.4, 0.5) is 4.39 Å². The van der Waals surface area contributed by atoms with Crippen LogP contribution in [0.1, 0.15) is 18.1 Å². The van der Waals surface area contributed by atoms with Gasteiger partial charge in [-0.05, 0) is 18.7 Å². The third kappa shape index (κ3) is 5.00. The number of likely N-dealkylation sites (N-methyl/N-ethyl adjacent to an activating group) is 2. The molecule has 0 bridgehead atoms. The number of nitrogens with one attached hydrogen (secondary N) is 1. The normalized spacial score (nSPS) is 10.1. The van der Waals surface area contributed by atoms with Gasteiger partial charge < -0.3 is 11.1 Å². The molecule has 3 N–H and O–H groups in total. The van der Waals surface area contributed by atoms with E-state index >= 15 is 0 Å². The smallest absolute Gasteiger partial charge is 0.233 e.